The normalized spacial score (nSPS) is 15.8. The number of carbonyl (C=O) groups excluding carboxylic acids is 2. The Kier molecular flexibility index (Phi) is 8.17. The van der Waals surface area contributed by atoms with E-state index in [1.54, 1.807) is 41.6 Å². The van der Waals surface area contributed by atoms with Crippen molar-refractivity contribution in [2.75, 3.05) is 57.1 Å². The highest BCUT2D eigenvalue weighted by Crippen LogP contribution is 2.27. The third kappa shape index (κ3) is 6.23. The minimum absolute atomic E-state index is 0.165. The maximum Gasteiger partial charge on any atom is 0.338 e. The second-order valence-electron chi connectivity index (χ2n) is 7.58. The van der Waals surface area contributed by atoms with Gasteiger partial charge >= 0.3 is 5.97 Å². The molecule has 2 aliphatic heterocycles. The lowest BCUT2D eigenvalue weighted by Crippen LogP contribution is -2.49. The van der Waals surface area contributed by atoms with Crippen molar-refractivity contribution in [3.63, 3.8) is 0 Å². The van der Waals surface area contributed by atoms with Crippen molar-refractivity contribution in [1.29, 1.82) is 0 Å². The summed E-state index contributed by atoms with van der Waals surface area (Å²) in [5.41, 5.74) is 2.50. The number of carbonyl (C=O) groups is 2. The molecule has 4 rings (SSSR count). The van der Waals surface area contributed by atoms with Gasteiger partial charge in [-0.2, -0.15) is 0 Å². The number of nitrogens with zero attached hydrogens (tertiary/aromatic N) is 3. The lowest BCUT2D eigenvalue weighted by atomic mass is 10.1. The predicted octanol–water partition coefficient (Wildman–Crippen LogP) is 3.54. The van der Waals surface area contributed by atoms with E-state index in [1.165, 1.54) is 0 Å². The van der Waals surface area contributed by atoms with Gasteiger partial charge in [-0.1, -0.05) is 41.7 Å². The van der Waals surface area contributed by atoms with Crippen molar-refractivity contribution < 1.29 is 19.1 Å². The average molecular weight is 486 g/mol. The zero-order chi connectivity index (χ0) is 23.0. The maximum absolute atomic E-state index is 12.7. The fourth-order valence-corrected chi connectivity index (χ4v) is 5.70. The number of benzene rings is 2. The third-order valence-electron chi connectivity index (χ3n) is 5.54. The molecule has 0 bridgehead atoms. The van der Waals surface area contributed by atoms with E-state index in [2.05, 4.69) is 9.89 Å². The lowest BCUT2D eigenvalue weighted by Gasteiger charge is -2.36. The van der Waals surface area contributed by atoms with Crippen LogP contribution in [-0.2, 0) is 15.3 Å². The van der Waals surface area contributed by atoms with Crippen molar-refractivity contribution >= 4 is 45.5 Å². The largest absolute Gasteiger partial charge is 0.497 e. The molecular formula is C24H27N3O4S2. The van der Waals surface area contributed by atoms with Gasteiger partial charge in [0, 0.05) is 43.4 Å². The van der Waals surface area contributed by atoms with Crippen LogP contribution < -0.4 is 9.64 Å². The van der Waals surface area contributed by atoms with Crippen LogP contribution in [0.5, 0.6) is 5.75 Å². The highest BCUT2D eigenvalue weighted by atomic mass is 32.2. The zero-order valence-electron chi connectivity index (χ0n) is 18.6. The first-order valence-corrected chi connectivity index (χ1v) is 12.8. The fourth-order valence-electron chi connectivity index (χ4n) is 3.69. The van der Waals surface area contributed by atoms with E-state index in [1.807, 2.05) is 42.5 Å². The van der Waals surface area contributed by atoms with Gasteiger partial charge in [-0.3, -0.25) is 9.79 Å². The summed E-state index contributed by atoms with van der Waals surface area (Å²) in [6.45, 7) is 3.26. The van der Waals surface area contributed by atoms with Crippen molar-refractivity contribution in [2.24, 2.45) is 4.99 Å². The SMILES string of the molecule is COc1ccc(N2CCN(C(=O)COC(=O)c3ccccc3CSC3=NCCS3)CC2)cc1. The monoisotopic (exact) mass is 485 g/mol. The van der Waals surface area contributed by atoms with Gasteiger partial charge in [0.1, 0.15) is 10.1 Å². The summed E-state index contributed by atoms with van der Waals surface area (Å²) in [6, 6.07) is 15.3. The molecule has 1 saturated heterocycles. The van der Waals surface area contributed by atoms with Crippen LogP contribution in [0.4, 0.5) is 5.69 Å². The van der Waals surface area contributed by atoms with Crippen LogP contribution >= 0.6 is 23.5 Å². The Labute approximate surface area is 202 Å². The number of hydrogen-bond acceptors (Lipinski definition) is 8. The van der Waals surface area contributed by atoms with Crippen LogP contribution in [0.1, 0.15) is 15.9 Å². The van der Waals surface area contributed by atoms with Gasteiger partial charge in [0.05, 0.1) is 19.2 Å². The summed E-state index contributed by atoms with van der Waals surface area (Å²) < 4.78 is 11.7. The Balaban J connectivity index is 1.25. The molecule has 0 saturated carbocycles. The molecule has 33 heavy (non-hydrogen) atoms. The topological polar surface area (TPSA) is 71.4 Å². The van der Waals surface area contributed by atoms with E-state index in [0.29, 0.717) is 24.4 Å². The molecule has 174 valence electrons. The van der Waals surface area contributed by atoms with E-state index in [0.717, 1.165) is 46.8 Å². The number of hydrogen-bond donors (Lipinski definition) is 0. The van der Waals surface area contributed by atoms with Crippen molar-refractivity contribution in [2.45, 2.75) is 5.75 Å². The van der Waals surface area contributed by atoms with Crippen molar-refractivity contribution in [3.05, 3.63) is 59.7 Å². The number of rotatable bonds is 7. The standard InChI is InChI=1S/C24H27N3O4S2/c1-30-20-8-6-19(7-9-20)26-11-13-27(14-12-26)22(28)16-31-23(29)21-5-3-2-4-18(21)17-33-24-25-10-15-32-24/h2-9H,10-17H2,1H3. The van der Waals surface area contributed by atoms with E-state index < -0.39 is 5.97 Å². The van der Waals surface area contributed by atoms with Crippen LogP contribution in [0.25, 0.3) is 0 Å². The first-order valence-electron chi connectivity index (χ1n) is 10.9. The average Bonchev–Trinajstić information content (AvgIpc) is 3.40. The fraction of sp³-hybridized carbons (Fsp3) is 0.375. The molecule has 2 aromatic carbocycles. The second-order valence-corrected chi connectivity index (χ2v) is 9.89. The van der Waals surface area contributed by atoms with Gasteiger partial charge in [-0.25, -0.2) is 4.79 Å². The quantitative estimate of drug-likeness (QED) is 0.556. The molecule has 0 radical (unpaired) electrons. The Morgan fingerprint density at radius 1 is 1.06 bits per heavy atom. The molecule has 2 aliphatic rings. The number of aliphatic imine (C=N–C) groups is 1. The van der Waals surface area contributed by atoms with Crippen LogP contribution in [0.2, 0.25) is 0 Å². The van der Waals surface area contributed by atoms with Crippen molar-refractivity contribution in [1.82, 2.24) is 4.90 Å². The van der Waals surface area contributed by atoms with E-state index in [9.17, 15) is 9.59 Å². The number of methoxy groups -OCH3 is 1. The number of esters is 1. The Morgan fingerprint density at radius 2 is 1.82 bits per heavy atom. The smallest absolute Gasteiger partial charge is 0.338 e. The molecule has 0 spiro atoms. The number of thioether (sulfide) groups is 2. The molecule has 1 fully saturated rings. The molecule has 9 heteroatoms. The Morgan fingerprint density at radius 3 is 2.52 bits per heavy atom. The first-order chi connectivity index (χ1) is 16.1. The van der Waals surface area contributed by atoms with Gasteiger partial charge in [0.15, 0.2) is 6.61 Å². The first kappa shape index (κ1) is 23.5. The van der Waals surface area contributed by atoms with Crippen LogP contribution in [0, 0.1) is 0 Å². The molecule has 0 atom stereocenters. The zero-order valence-corrected chi connectivity index (χ0v) is 20.2. The highest BCUT2D eigenvalue weighted by molar-refractivity contribution is 8.38. The highest BCUT2D eigenvalue weighted by Gasteiger charge is 2.23. The summed E-state index contributed by atoms with van der Waals surface area (Å²) in [5.74, 6) is 1.86. The van der Waals surface area contributed by atoms with Crippen LogP contribution in [-0.4, -0.2) is 73.3 Å². The molecule has 2 heterocycles. The number of ether oxygens (including phenoxy) is 2. The Bertz CT molecular complexity index is 1010. The number of amides is 1. The molecule has 0 aliphatic carbocycles. The van der Waals surface area contributed by atoms with Crippen LogP contribution in [0.3, 0.4) is 0 Å². The van der Waals surface area contributed by atoms with Gasteiger partial charge in [-0.05, 0) is 35.9 Å². The number of piperazine rings is 1. The minimum Gasteiger partial charge on any atom is -0.497 e. The van der Waals surface area contributed by atoms with Gasteiger partial charge in [-0.15, -0.1) is 0 Å². The van der Waals surface area contributed by atoms with Gasteiger partial charge in [0.25, 0.3) is 5.91 Å². The summed E-state index contributed by atoms with van der Waals surface area (Å²) in [4.78, 5) is 33.7. The molecule has 2 aromatic rings. The second kappa shape index (κ2) is 11.5. The third-order valence-corrected chi connectivity index (χ3v) is 7.84. The van der Waals surface area contributed by atoms with E-state index >= 15 is 0 Å². The summed E-state index contributed by atoms with van der Waals surface area (Å²) in [7, 11) is 1.65. The summed E-state index contributed by atoms with van der Waals surface area (Å²) in [6.07, 6.45) is 0. The molecular weight excluding hydrogens is 458 g/mol. The maximum atomic E-state index is 12.7. The summed E-state index contributed by atoms with van der Waals surface area (Å²) >= 11 is 3.38. The molecule has 0 aromatic heterocycles. The van der Waals surface area contributed by atoms with Gasteiger partial charge in [0.2, 0.25) is 0 Å². The van der Waals surface area contributed by atoms with E-state index in [4.69, 9.17) is 9.47 Å². The van der Waals surface area contributed by atoms with E-state index in [-0.39, 0.29) is 12.5 Å². The van der Waals surface area contributed by atoms with Gasteiger partial charge < -0.3 is 19.3 Å². The molecule has 7 nitrogen and oxygen atoms in total. The minimum atomic E-state index is -0.461. The van der Waals surface area contributed by atoms with Crippen molar-refractivity contribution in [3.8, 4) is 5.75 Å². The summed E-state index contributed by atoms with van der Waals surface area (Å²) in [5, 5.41) is 0. The van der Waals surface area contributed by atoms with Crippen LogP contribution in [0.15, 0.2) is 53.5 Å². The Hall–Kier alpha value is -2.65. The molecule has 1 amide bonds. The predicted molar refractivity (Wildman–Crippen MR) is 135 cm³/mol. The molecule has 0 N–H and O–H groups in total. The number of anilines is 1. The molecule has 0 unspecified atom stereocenters. The lowest BCUT2D eigenvalue weighted by molar-refractivity contribution is -0.134.